The van der Waals surface area contributed by atoms with Crippen LogP contribution in [0.4, 0.5) is 0 Å². The van der Waals surface area contributed by atoms with Crippen molar-refractivity contribution < 1.29 is 0 Å². The van der Waals surface area contributed by atoms with Gasteiger partial charge in [0.2, 0.25) is 5.95 Å². The van der Waals surface area contributed by atoms with Gasteiger partial charge < -0.3 is 4.57 Å². The zero-order valence-corrected chi connectivity index (χ0v) is 36.9. The van der Waals surface area contributed by atoms with E-state index >= 15 is 0 Å². The quantitative estimate of drug-likeness (QED) is 0.153. The molecule has 68 heavy (non-hydrogen) atoms. The molecule has 0 bridgehead atoms. The first-order valence-corrected chi connectivity index (χ1v) is 23.0. The van der Waals surface area contributed by atoms with E-state index in [2.05, 4.69) is 197 Å². The van der Waals surface area contributed by atoms with Gasteiger partial charge in [-0.2, -0.15) is 9.97 Å². The van der Waals surface area contributed by atoms with Crippen LogP contribution in [0, 0.1) is 0 Å². The van der Waals surface area contributed by atoms with Crippen molar-refractivity contribution in [3.05, 3.63) is 249 Å². The van der Waals surface area contributed by atoms with Crippen LogP contribution in [-0.4, -0.2) is 24.1 Å². The molecule has 0 aliphatic heterocycles. The summed E-state index contributed by atoms with van der Waals surface area (Å²) < 4.78 is 4.61. The number of fused-ring (bicyclic) bond motifs is 6. The number of hydrogen-bond acceptors (Lipinski definition) is 3. The van der Waals surface area contributed by atoms with Crippen molar-refractivity contribution in [2.24, 2.45) is 0 Å². The Labute approximate surface area is 393 Å². The highest BCUT2D eigenvalue weighted by Crippen LogP contribution is 2.40. The third kappa shape index (κ3) is 6.84. The fourth-order valence-electron chi connectivity index (χ4n) is 9.84. The average Bonchev–Trinajstić information content (AvgIpc) is 3.93. The average molecular weight is 868 g/mol. The molecule has 0 aliphatic carbocycles. The fraction of sp³-hybridized carbons (Fsp3) is 0. The molecule has 0 saturated carbocycles. The summed E-state index contributed by atoms with van der Waals surface area (Å²) in [5.74, 6) is 1.82. The molecule has 5 nitrogen and oxygen atoms in total. The number of benzene rings is 10. The Bertz CT molecular complexity index is 3770. The van der Waals surface area contributed by atoms with Gasteiger partial charge in [0.25, 0.3) is 0 Å². The van der Waals surface area contributed by atoms with Crippen LogP contribution in [0.3, 0.4) is 0 Å². The minimum atomic E-state index is 0.571. The maximum absolute atomic E-state index is 5.17. The highest BCUT2D eigenvalue weighted by molar-refractivity contribution is 6.13. The van der Waals surface area contributed by atoms with Gasteiger partial charge in [-0.15, -0.1) is 0 Å². The maximum atomic E-state index is 5.17. The van der Waals surface area contributed by atoms with E-state index in [0.29, 0.717) is 17.6 Å². The molecule has 0 atom stereocenters. The highest BCUT2D eigenvalue weighted by atomic mass is 15.2. The molecule has 3 aromatic heterocycles. The molecule has 0 spiro atoms. The maximum Gasteiger partial charge on any atom is 0.238 e. The summed E-state index contributed by atoms with van der Waals surface area (Å²) >= 11 is 0. The number of hydrogen-bond donors (Lipinski definition) is 0. The van der Waals surface area contributed by atoms with Crippen molar-refractivity contribution in [1.29, 1.82) is 0 Å². The summed E-state index contributed by atoms with van der Waals surface area (Å²) in [5.41, 5.74) is 16.8. The van der Waals surface area contributed by atoms with Crippen molar-refractivity contribution in [3.63, 3.8) is 0 Å². The summed E-state index contributed by atoms with van der Waals surface area (Å²) in [7, 11) is 0. The standard InChI is InChI=1S/C63H41N5/c1-5-15-42(16-6-1)44-25-29-46(30-26-44)50-33-36-58-54(39-50)55-40-51(47-31-27-45(28-32-47)43-17-7-2-8-18-43)34-37-59(55)67(58)52-35-38-60-56(41-52)53-23-13-14-24-57(53)68(60)63-65-61(48-19-9-3-10-20-48)64-62(66-63)49-21-11-4-12-22-49/h1-41H. The summed E-state index contributed by atoms with van der Waals surface area (Å²) in [4.78, 5) is 15.3. The Kier molecular flexibility index (Phi) is 9.43. The molecule has 0 fully saturated rings. The fourth-order valence-corrected chi connectivity index (χ4v) is 9.84. The van der Waals surface area contributed by atoms with Crippen molar-refractivity contribution in [2.45, 2.75) is 0 Å². The van der Waals surface area contributed by atoms with Crippen LogP contribution >= 0.6 is 0 Å². The van der Waals surface area contributed by atoms with Gasteiger partial charge in [0.15, 0.2) is 11.6 Å². The number of nitrogens with zero attached hydrogens (tertiary/aromatic N) is 5. The molecule has 0 amide bonds. The summed E-state index contributed by atoms with van der Waals surface area (Å²) in [6.45, 7) is 0. The van der Waals surface area contributed by atoms with Gasteiger partial charge in [-0.25, -0.2) is 4.98 Å². The molecule has 318 valence electrons. The molecule has 0 unspecified atom stereocenters. The minimum Gasteiger partial charge on any atom is -0.309 e. The van der Waals surface area contributed by atoms with Crippen LogP contribution in [0.2, 0.25) is 0 Å². The van der Waals surface area contributed by atoms with E-state index in [-0.39, 0.29) is 0 Å². The lowest BCUT2D eigenvalue weighted by molar-refractivity contribution is 0.953. The summed E-state index contributed by atoms with van der Waals surface area (Å²) in [5, 5.41) is 4.63. The lowest BCUT2D eigenvalue weighted by atomic mass is 9.97. The van der Waals surface area contributed by atoms with Crippen LogP contribution in [0.1, 0.15) is 0 Å². The minimum absolute atomic E-state index is 0.571. The normalized spacial score (nSPS) is 11.5. The second-order valence-corrected chi connectivity index (χ2v) is 17.3. The smallest absolute Gasteiger partial charge is 0.238 e. The summed E-state index contributed by atoms with van der Waals surface area (Å²) in [6, 6.07) is 88.5. The summed E-state index contributed by atoms with van der Waals surface area (Å²) in [6.07, 6.45) is 0. The largest absolute Gasteiger partial charge is 0.309 e. The number of rotatable bonds is 8. The van der Waals surface area contributed by atoms with E-state index in [4.69, 9.17) is 15.0 Å². The first-order chi connectivity index (χ1) is 33.7. The molecule has 0 aliphatic rings. The Balaban J connectivity index is 0.984. The monoisotopic (exact) mass is 867 g/mol. The van der Waals surface area contributed by atoms with Crippen LogP contribution < -0.4 is 0 Å². The van der Waals surface area contributed by atoms with E-state index in [1.54, 1.807) is 0 Å². The zero-order valence-electron chi connectivity index (χ0n) is 36.9. The van der Waals surface area contributed by atoms with Crippen LogP contribution in [0.15, 0.2) is 249 Å². The van der Waals surface area contributed by atoms with E-state index in [1.807, 2.05) is 60.7 Å². The van der Waals surface area contributed by atoms with Crippen molar-refractivity contribution in [1.82, 2.24) is 24.1 Å². The van der Waals surface area contributed by atoms with E-state index in [0.717, 1.165) is 49.7 Å². The molecule has 3 heterocycles. The van der Waals surface area contributed by atoms with Gasteiger partial charge in [0.1, 0.15) is 0 Å². The molecule has 0 radical (unpaired) electrons. The Morgan fingerprint density at radius 2 is 0.559 bits per heavy atom. The third-order valence-corrected chi connectivity index (χ3v) is 13.2. The molecule has 0 N–H and O–H groups in total. The molecule has 13 rings (SSSR count). The van der Waals surface area contributed by atoms with Gasteiger partial charge in [-0.1, -0.05) is 200 Å². The topological polar surface area (TPSA) is 48.5 Å². The number of aromatic nitrogens is 5. The predicted octanol–water partition coefficient (Wildman–Crippen LogP) is 16.1. The Morgan fingerprint density at radius 3 is 1.04 bits per heavy atom. The van der Waals surface area contributed by atoms with Crippen LogP contribution in [-0.2, 0) is 0 Å². The van der Waals surface area contributed by atoms with Crippen molar-refractivity contribution in [3.8, 4) is 78.9 Å². The molecular weight excluding hydrogens is 827 g/mol. The third-order valence-electron chi connectivity index (χ3n) is 13.2. The van der Waals surface area contributed by atoms with E-state index in [1.165, 1.54) is 55.3 Å². The Morgan fingerprint density at radius 1 is 0.221 bits per heavy atom. The van der Waals surface area contributed by atoms with Gasteiger partial charge in [0.05, 0.1) is 22.1 Å². The van der Waals surface area contributed by atoms with Gasteiger partial charge in [0, 0.05) is 38.4 Å². The first kappa shape index (κ1) is 39.2. The van der Waals surface area contributed by atoms with E-state index < -0.39 is 0 Å². The molecule has 10 aromatic carbocycles. The SMILES string of the molecule is c1ccc(-c2ccc(-c3ccc4c(c3)c3cc(-c5ccc(-c6ccccc6)cc5)ccc3n4-c3ccc4c(c3)c3ccccc3n4-c3nc(-c4ccccc4)nc(-c4ccccc4)n3)cc2)cc1. The van der Waals surface area contributed by atoms with Crippen molar-refractivity contribution >= 4 is 43.6 Å². The zero-order chi connectivity index (χ0) is 45.0. The lowest BCUT2D eigenvalue weighted by Gasteiger charge is -2.12. The molecular formula is C63H41N5. The van der Waals surface area contributed by atoms with Crippen molar-refractivity contribution in [2.75, 3.05) is 0 Å². The number of para-hydroxylation sites is 1. The Hall–Kier alpha value is -9.19. The van der Waals surface area contributed by atoms with Gasteiger partial charge >= 0.3 is 0 Å². The lowest BCUT2D eigenvalue weighted by Crippen LogP contribution is -2.06. The predicted molar refractivity (Wildman–Crippen MR) is 281 cm³/mol. The molecule has 5 heteroatoms. The second kappa shape index (κ2) is 16.4. The van der Waals surface area contributed by atoms with E-state index in [9.17, 15) is 0 Å². The second-order valence-electron chi connectivity index (χ2n) is 17.3. The van der Waals surface area contributed by atoms with Crippen LogP contribution in [0.25, 0.3) is 123 Å². The van der Waals surface area contributed by atoms with Gasteiger partial charge in [-0.05, 0) is 93.0 Å². The molecule has 0 saturated heterocycles. The first-order valence-electron chi connectivity index (χ1n) is 23.0. The van der Waals surface area contributed by atoms with Gasteiger partial charge in [-0.3, -0.25) is 4.57 Å². The van der Waals surface area contributed by atoms with Crippen LogP contribution in [0.5, 0.6) is 0 Å². The molecule has 13 aromatic rings. The highest BCUT2D eigenvalue weighted by Gasteiger charge is 2.20.